The summed E-state index contributed by atoms with van der Waals surface area (Å²) in [6.45, 7) is 0. The third-order valence-corrected chi connectivity index (χ3v) is 2.48. The molecular formula is C10H9N3O. The number of pyridine rings is 1. The van der Waals surface area contributed by atoms with Crippen LogP contribution in [0.2, 0.25) is 0 Å². The molecular weight excluding hydrogens is 178 g/mol. The van der Waals surface area contributed by atoms with Crippen LogP contribution >= 0.6 is 0 Å². The van der Waals surface area contributed by atoms with Crippen molar-refractivity contribution in [2.75, 3.05) is 0 Å². The van der Waals surface area contributed by atoms with Crippen LogP contribution in [0.25, 0.3) is 5.65 Å². The van der Waals surface area contributed by atoms with Crippen LogP contribution in [0, 0.1) is 0 Å². The van der Waals surface area contributed by atoms with E-state index in [0.29, 0.717) is 17.1 Å². The molecule has 0 bridgehead atoms. The first-order valence-electron chi connectivity index (χ1n) is 4.69. The van der Waals surface area contributed by atoms with Crippen LogP contribution in [0.3, 0.4) is 0 Å². The molecule has 3 rings (SSSR count). The Hall–Kier alpha value is -1.71. The van der Waals surface area contributed by atoms with Crippen molar-refractivity contribution in [1.29, 1.82) is 0 Å². The molecule has 0 saturated heterocycles. The van der Waals surface area contributed by atoms with E-state index in [1.54, 1.807) is 10.6 Å². The van der Waals surface area contributed by atoms with Gasteiger partial charge in [0.15, 0.2) is 17.8 Å². The summed E-state index contributed by atoms with van der Waals surface area (Å²) in [5, 5.41) is 4.33. The van der Waals surface area contributed by atoms with E-state index in [-0.39, 0.29) is 0 Å². The minimum atomic E-state index is 0.523. The van der Waals surface area contributed by atoms with E-state index in [0.717, 1.165) is 12.1 Å². The average Bonchev–Trinajstić information content (AvgIpc) is 2.97. The van der Waals surface area contributed by atoms with Gasteiger partial charge in [0.25, 0.3) is 0 Å². The maximum Gasteiger partial charge on any atom is 0.166 e. The van der Waals surface area contributed by atoms with Gasteiger partial charge in [-0.1, -0.05) is 0 Å². The van der Waals surface area contributed by atoms with E-state index in [1.807, 2.05) is 12.3 Å². The lowest BCUT2D eigenvalue weighted by Gasteiger charge is -1.91. The monoisotopic (exact) mass is 187 g/mol. The molecule has 0 spiro atoms. The first kappa shape index (κ1) is 7.67. The zero-order valence-corrected chi connectivity index (χ0v) is 7.55. The van der Waals surface area contributed by atoms with E-state index in [1.165, 1.54) is 12.8 Å². The van der Waals surface area contributed by atoms with Crippen molar-refractivity contribution in [3.05, 3.63) is 29.7 Å². The Morgan fingerprint density at radius 3 is 3.07 bits per heavy atom. The van der Waals surface area contributed by atoms with Crippen molar-refractivity contribution in [2.24, 2.45) is 0 Å². The number of aromatic nitrogens is 3. The quantitative estimate of drug-likeness (QED) is 0.668. The van der Waals surface area contributed by atoms with Crippen LogP contribution in [-0.4, -0.2) is 20.9 Å². The summed E-state index contributed by atoms with van der Waals surface area (Å²) in [6.07, 6.45) is 4.99. The Morgan fingerprint density at radius 2 is 2.36 bits per heavy atom. The minimum Gasteiger partial charge on any atom is -0.298 e. The Morgan fingerprint density at radius 1 is 1.50 bits per heavy atom. The molecule has 0 unspecified atom stereocenters. The van der Waals surface area contributed by atoms with Gasteiger partial charge in [-0.05, 0) is 25.0 Å². The van der Waals surface area contributed by atoms with Gasteiger partial charge in [-0.2, -0.15) is 5.10 Å². The summed E-state index contributed by atoms with van der Waals surface area (Å²) in [5.74, 6) is 1.40. The van der Waals surface area contributed by atoms with E-state index >= 15 is 0 Å². The number of aldehydes is 1. The van der Waals surface area contributed by atoms with E-state index in [9.17, 15) is 4.79 Å². The smallest absolute Gasteiger partial charge is 0.166 e. The largest absolute Gasteiger partial charge is 0.298 e. The molecule has 1 saturated carbocycles. The fourth-order valence-corrected chi connectivity index (χ4v) is 1.55. The van der Waals surface area contributed by atoms with E-state index in [2.05, 4.69) is 10.1 Å². The number of hydrogen-bond donors (Lipinski definition) is 0. The van der Waals surface area contributed by atoms with Gasteiger partial charge in [0.1, 0.15) is 0 Å². The first-order valence-corrected chi connectivity index (χ1v) is 4.69. The zero-order valence-electron chi connectivity index (χ0n) is 7.55. The van der Waals surface area contributed by atoms with Gasteiger partial charge < -0.3 is 0 Å². The summed E-state index contributed by atoms with van der Waals surface area (Å²) in [6, 6.07) is 3.57. The summed E-state index contributed by atoms with van der Waals surface area (Å²) in [7, 11) is 0. The standard InChI is InChI=1S/C10H9N3O/c14-6-8-2-1-5-13-10(8)11-9(12-13)7-3-4-7/h1-2,5-7H,3-4H2. The summed E-state index contributed by atoms with van der Waals surface area (Å²) in [5.41, 5.74) is 1.27. The lowest BCUT2D eigenvalue weighted by Crippen LogP contribution is -1.90. The molecule has 0 radical (unpaired) electrons. The van der Waals surface area contributed by atoms with Gasteiger partial charge in [0.2, 0.25) is 0 Å². The molecule has 2 aromatic heterocycles. The van der Waals surface area contributed by atoms with E-state index in [4.69, 9.17) is 0 Å². The fraction of sp³-hybridized carbons (Fsp3) is 0.300. The number of carbonyl (C=O) groups excluding carboxylic acids is 1. The third kappa shape index (κ3) is 1.04. The lowest BCUT2D eigenvalue weighted by molar-refractivity contribution is 0.112. The molecule has 4 heteroatoms. The number of carbonyl (C=O) groups is 1. The molecule has 0 aliphatic heterocycles. The van der Waals surface area contributed by atoms with Crippen molar-refractivity contribution in [3.8, 4) is 0 Å². The van der Waals surface area contributed by atoms with Crippen LogP contribution in [0.1, 0.15) is 34.9 Å². The highest BCUT2D eigenvalue weighted by molar-refractivity contribution is 5.83. The molecule has 0 amide bonds. The van der Waals surface area contributed by atoms with Crippen molar-refractivity contribution >= 4 is 11.9 Å². The normalized spacial score (nSPS) is 16.0. The Kier molecular flexibility index (Phi) is 1.45. The van der Waals surface area contributed by atoms with Crippen LogP contribution in [0.15, 0.2) is 18.3 Å². The maximum absolute atomic E-state index is 10.7. The predicted octanol–water partition coefficient (Wildman–Crippen LogP) is 1.42. The zero-order chi connectivity index (χ0) is 9.54. The Labute approximate surface area is 80.6 Å². The molecule has 2 aromatic rings. The van der Waals surface area contributed by atoms with Crippen LogP contribution in [0.5, 0.6) is 0 Å². The second-order valence-electron chi connectivity index (χ2n) is 3.59. The van der Waals surface area contributed by atoms with Crippen LogP contribution in [0.4, 0.5) is 0 Å². The second-order valence-corrected chi connectivity index (χ2v) is 3.59. The number of rotatable bonds is 2. The summed E-state index contributed by atoms with van der Waals surface area (Å²) < 4.78 is 1.68. The van der Waals surface area contributed by atoms with Crippen molar-refractivity contribution in [1.82, 2.24) is 14.6 Å². The Bertz CT molecular complexity index is 499. The number of fused-ring (bicyclic) bond motifs is 1. The molecule has 1 aliphatic carbocycles. The SMILES string of the molecule is O=Cc1cccn2nc(C3CC3)nc12. The molecule has 1 aliphatic rings. The molecule has 70 valence electrons. The molecule has 0 N–H and O–H groups in total. The van der Waals surface area contributed by atoms with Gasteiger partial charge in [-0.25, -0.2) is 9.50 Å². The predicted molar refractivity (Wildman–Crippen MR) is 50.3 cm³/mol. The molecule has 14 heavy (non-hydrogen) atoms. The fourth-order valence-electron chi connectivity index (χ4n) is 1.55. The highest BCUT2D eigenvalue weighted by Gasteiger charge is 2.28. The first-order chi connectivity index (χ1) is 6.88. The van der Waals surface area contributed by atoms with Crippen molar-refractivity contribution in [2.45, 2.75) is 18.8 Å². The van der Waals surface area contributed by atoms with Crippen LogP contribution in [-0.2, 0) is 0 Å². The Balaban J connectivity index is 2.25. The third-order valence-electron chi connectivity index (χ3n) is 2.48. The summed E-state index contributed by atoms with van der Waals surface area (Å²) >= 11 is 0. The number of nitrogens with zero attached hydrogens (tertiary/aromatic N) is 3. The maximum atomic E-state index is 10.7. The molecule has 1 fully saturated rings. The van der Waals surface area contributed by atoms with Crippen molar-refractivity contribution in [3.63, 3.8) is 0 Å². The van der Waals surface area contributed by atoms with Gasteiger partial charge in [-0.15, -0.1) is 0 Å². The molecule has 0 aromatic carbocycles. The topological polar surface area (TPSA) is 47.3 Å². The van der Waals surface area contributed by atoms with E-state index < -0.39 is 0 Å². The molecule has 4 nitrogen and oxygen atoms in total. The second kappa shape index (κ2) is 2.64. The van der Waals surface area contributed by atoms with Gasteiger partial charge in [0.05, 0.1) is 5.56 Å². The van der Waals surface area contributed by atoms with Crippen molar-refractivity contribution < 1.29 is 4.79 Å². The lowest BCUT2D eigenvalue weighted by atomic mass is 10.3. The van der Waals surface area contributed by atoms with Gasteiger partial charge in [-0.3, -0.25) is 4.79 Å². The molecule has 2 heterocycles. The highest BCUT2D eigenvalue weighted by Crippen LogP contribution is 2.38. The summed E-state index contributed by atoms with van der Waals surface area (Å²) in [4.78, 5) is 15.1. The van der Waals surface area contributed by atoms with Gasteiger partial charge in [0, 0.05) is 12.1 Å². The minimum absolute atomic E-state index is 0.523. The molecule has 0 atom stereocenters. The average molecular weight is 187 g/mol. The van der Waals surface area contributed by atoms with Crippen LogP contribution < -0.4 is 0 Å². The van der Waals surface area contributed by atoms with Gasteiger partial charge >= 0.3 is 0 Å². The number of hydrogen-bond acceptors (Lipinski definition) is 3. The highest BCUT2D eigenvalue weighted by atomic mass is 16.1.